The molecule has 0 aliphatic heterocycles. The Hall–Kier alpha value is -2.38. The number of nitrogens with two attached hydrogens (primary N) is 1. The third kappa shape index (κ3) is 3.45. The lowest BCUT2D eigenvalue weighted by atomic mass is 10.1. The van der Waals surface area contributed by atoms with Crippen LogP contribution >= 0.6 is 27.5 Å². The molecule has 5 nitrogen and oxygen atoms in total. The first-order valence-electron chi connectivity index (χ1n) is 7.69. The highest BCUT2D eigenvalue weighted by Crippen LogP contribution is 2.33. The Labute approximate surface area is 162 Å². The van der Waals surface area contributed by atoms with E-state index in [1.165, 1.54) is 10.7 Å². The zero-order valence-corrected chi connectivity index (χ0v) is 16.0. The van der Waals surface area contributed by atoms with Crippen molar-refractivity contribution in [2.45, 2.75) is 6.92 Å². The van der Waals surface area contributed by atoms with E-state index in [0.29, 0.717) is 20.8 Å². The second kappa shape index (κ2) is 7.47. The van der Waals surface area contributed by atoms with Crippen molar-refractivity contribution in [1.82, 2.24) is 9.78 Å². The van der Waals surface area contributed by atoms with Crippen LogP contribution in [0.25, 0.3) is 16.9 Å². The molecule has 0 unspecified atom stereocenters. The van der Waals surface area contributed by atoms with E-state index in [2.05, 4.69) is 21.0 Å². The lowest BCUT2D eigenvalue weighted by Gasteiger charge is -2.10. The number of halogens is 3. The summed E-state index contributed by atoms with van der Waals surface area (Å²) in [4.78, 5) is 12.2. The molecule has 1 heterocycles. The number of anilines is 1. The fourth-order valence-corrected chi connectivity index (χ4v) is 2.95. The predicted octanol–water partition coefficient (Wildman–Crippen LogP) is 4.85. The average molecular weight is 439 g/mol. The van der Waals surface area contributed by atoms with E-state index in [-0.39, 0.29) is 23.7 Å². The number of hydrogen-bond acceptors (Lipinski definition) is 4. The Morgan fingerprint density at radius 3 is 2.62 bits per heavy atom. The number of carbonyl (C=O) groups excluding carboxylic acids is 1. The summed E-state index contributed by atoms with van der Waals surface area (Å²) in [7, 11) is 0. The smallest absolute Gasteiger partial charge is 0.361 e. The number of aromatic nitrogens is 2. The molecule has 0 saturated heterocycles. The Morgan fingerprint density at radius 1 is 1.31 bits per heavy atom. The average Bonchev–Trinajstić information content (AvgIpc) is 2.93. The van der Waals surface area contributed by atoms with Gasteiger partial charge in [0.25, 0.3) is 0 Å². The molecule has 0 spiro atoms. The Bertz CT molecular complexity index is 973. The van der Waals surface area contributed by atoms with E-state index in [0.717, 1.165) is 0 Å². The summed E-state index contributed by atoms with van der Waals surface area (Å²) in [6.07, 6.45) is 0. The number of nitrogen functional groups attached to an aromatic ring is 1. The molecule has 26 heavy (non-hydrogen) atoms. The second-order valence-corrected chi connectivity index (χ2v) is 6.70. The Kier molecular flexibility index (Phi) is 5.29. The highest BCUT2D eigenvalue weighted by Gasteiger charge is 2.25. The maximum atomic E-state index is 14.5. The van der Waals surface area contributed by atoms with Gasteiger partial charge in [0.05, 0.1) is 18.0 Å². The van der Waals surface area contributed by atoms with Gasteiger partial charge in [0.15, 0.2) is 5.69 Å². The summed E-state index contributed by atoms with van der Waals surface area (Å²) < 4.78 is 21.4. The van der Waals surface area contributed by atoms with Crippen molar-refractivity contribution < 1.29 is 13.9 Å². The van der Waals surface area contributed by atoms with Crippen LogP contribution < -0.4 is 5.73 Å². The first-order valence-corrected chi connectivity index (χ1v) is 8.86. The van der Waals surface area contributed by atoms with Gasteiger partial charge in [0.1, 0.15) is 11.5 Å². The first-order chi connectivity index (χ1) is 12.4. The van der Waals surface area contributed by atoms with Crippen LogP contribution in [0.4, 0.5) is 10.1 Å². The van der Waals surface area contributed by atoms with Crippen LogP contribution in [0.2, 0.25) is 5.02 Å². The molecule has 0 fully saturated rings. The first kappa shape index (κ1) is 18.4. The molecule has 0 bridgehead atoms. The molecule has 2 aromatic carbocycles. The van der Waals surface area contributed by atoms with Gasteiger partial charge in [-0.1, -0.05) is 39.7 Å². The van der Waals surface area contributed by atoms with Crippen LogP contribution in [0.15, 0.2) is 46.9 Å². The summed E-state index contributed by atoms with van der Waals surface area (Å²) in [5.41, 5.74) is 7.38. The molecule has 0 aliphatic carbocycles. The van der Waals surface area contributed by atoms with Crippen molar-refractivity contribution in [1.29, 1.82) is 0 Å². The third-order valence-corrected chi connectivity index (χ3v) is 4.39. The number of esters is 1. The molecule has 134 valence electrons. The molecule has 1 aromatic heterocycles. The lowest BCUT2D eigenvalue weighted by molar-refractivity contribution is 0.0520. The molecular formula is C18H14BrClFN3O2. The van der Waals surface area contributed by atoms with Crippen LogP contribution in [0.1, 0.15) is 17.4 Å². The summed E-state index contributed by atoms with van der Waals surface area (Å²) in [6, 6.07) is 11.3. The maximum Gasteiger partial charge on any atom is 0.361 e. The van der Waals surface area contributed by atoms with E-state index in [4.69, 9.17) is 22.1 Å². The Morgan fingerprint density at radius 2 is 2.00 bits per heavy atom. The van der Waals surface area contributed by atoms with Gasteiger partial charge >= 0.3 is 5.97 Å². The third-order valence-electron chi connectivity index (χ3n) is 3.65. The summed E-state index contributed by atoms with van der Waals surface area (Å²) >= 11 is 9.16. The van der Waals surface area contributed by atoms with E-state index in [9.17, 15) is 9.18 Å². The van der Waals surface area contributed by atoms with E-state index in [1.54, 1.807) is 43.3 Å². The molecule has 8 heteroatoms. The highest BCUT2D eigenvalue weighted by atomic mass is 79.9. The van der Waals surface area contributed by atoms with Crippen LogP contribution in [-0.4, -0.2) is 22.4 Å². The van der Waals surface area contributed by atoms with Crippen molar-refractivity contribution in [3.63, 3.8) is 0 Å². The Balaban J connectivity index is 2.26. The molecule has 0 aliphatic rings. The van der Waals surface area contributed by atoms with Crippen molar-refractivity contribution in [3.8, 4) is 16.9 Å². The summed E-state index contributed by atoms with van der Waals surface area (Å²) in [5, 5.41) is 4.76. The SMILES string of the molecule is CCOC(=O)c1nn(-c2ccc(Br)cc2F)c(-c2ccc(Cl)cc2)c1N. The normalized spacial score (nSPS) is 10.8. The van der Waals surface area contributed by atoms with Crippen LogP contribution in [0.3, 0.4) is 0 Å². The number of nitrogens with zero attached hydrogens (tertiary/aromatic N) is 2. The van der Waals surface area contributed by atoms with Crippen molar-refractivity contribution in [2.24, 2.45) is 0 Å². The van der Waals surface area contributed by atoms with Crippen LogP contribution in [-0.2, 0) is 4.74 Å². The fourth-order valence-electron chi connectivity index (χ4n) is 2.49. The van der Waals surface area contributed by atoms with Gasteiger partial charge in [-0.05, 0) is 37.3 Å². The van der Waals surface area contributed by atoms with Gasteiger partial charge in [0.2, 0.25) is 0 Å². The second-order valence-electron chi connectivity index (χ2n) is 5.35. The zero-order valence-electron chi connectivity index (χ0n) is 13.7. The molecule has 0 atom stereocenters. The molecule has 3 rings (SSSR count). The van der Waals surface area contributed by atoms with Crippen LogP contribution in [0, 0.1) is 5.82 Å². The van der Waals surface area contributed by atoms with Gasteiger partial charge in [-0.2, -0.15) is 5.10 Å². The van der Waals surface area contributed by atoms with Gasteiger partial charge in [0, 0.05) is 15.1 Å². The minimum absolute atomic E-state index is 0.0703. The summed E-state index contributed by atoms with van der Waals surface area (Å²) in [6.45, 7) is 1.85. The molecule has 0 amide bonds. The predicted molar refractivity (Wildman–Crippen MR) is 102 cm³/mol. The van der Waals surface area contributed by atoms with Crippen molar-refractivity contribution >= 4 is 39.2 Å². The van der Waals surface area contributed by atoms with Crippen LogP contribution in [0.5, 0.6) is 0 Å². The topological polar surface area (TPSA) is 70.1 Å². The van der Waals surface area contributed by atoms with Gasteiger partial charge in [-0.15, -0.1) is 0 Å². The molecule has 0 radical (unpaired) electrons. The maximum absolute atomic E-state index is 14.5. The lowest BCUT2D eigenvalue weighted by Crippen LogP contribution is -2.08. The number of rotatable bonds is 4. The largest absolute Gasteiger partial charge is 0.461 e. The molecule has 2 N–H and O–H groups in total. The van der Waals surface area contributed by atoms with Crippen molar-refractivity contribution in [2.75, 3.05) is 12.3 Å². The van der Waals surface area contributed by atoms with Gasteiger partial charge < -0.3 is 10.5 Å². The number of carbonyl (C=O) groups is 1. The highest BCUT2D eigenvalue weighted by molar-refractivity contribution is 9.10. The monoisotopic (exact) mass is 437 g/mol. The van der Waals surface area contributed by atoms with Gasteiger partial charge in [-0.25, -0.2) is 13.9 Å². The van der Waals surface area contributed by atoms with Gasteiger partial charge in [-0.3, -0.25) is 0 Å². The molecule has 0 saturated carbocycles. The van der Waals surface area contributed by atoms with Crippen molar-refractivity contribution in [3.05, 3.63) is 63.5 Å². The van der Waals surface area contributed by atoms with E-state index in [1.807, 2.05) is 0 Å². The number of ether oxygens (including phenoxy) is 1. The quantitative estimate of drug-likeness (QED) is 0.591. The minimum atomic E-state index is -0.670. The van der Waals surface area contributed by atoms with E-state index < -0.39 is 11.8 Å². The fraction of sp³-hybridized carbons (Fsp3) is 0.111. The van der Waals surface area contributed by atoms with E-state index >= 15 is 0 Å². The number of benzene rings is 2. The standard InChI is InChI=1S/C18H14BrClFN3O2/c1-2-26-18(25)16-15(22)17(10-3-6-12(20)7-4-10)24(23-16)14-8-5-11(19)9-13(14)21/h3-9H,2,22H2,1H3. The number of hydrogen-bond donors (Lipinski definition) is 1. The molecular weight excluding hydrogens is 425 g/mol. The summed E-state index contributed by atoms with van der Waals surface area (Å²) in [5.74, 6) is -1.19. The minimum Gasteiger partial charge on any atom is -0.461 e. The molecule has 3 aromatic rings. The zero-order chi connectivity index (χ0) is 18.8.